The minimum absolute atomic E-state index is 0.379. The van der Waals surface area contributed by atoms with Gasteiger partial charge in [0.15, 0.2) is 0 Å². The summed E-state index contributed by atoms with van der Waals surface area (Å²) in [6.45, 7) is 2.43. The van der Waals surface area contributed by atoms with Crippen molar-refractivity contribution in [3.63, 3.8) is 0 Å². The number of para-hydroxylation sites is 1. The summed E-state index contributed by atoms with van der Waals surface area (Å²) in [4.78, 5) is 0. The Balaban J connectivity index is 2.36. The Labute approximate surface area is 123 Å². The summed E-state index contributed by atoms with van der Waals surface area (Å²) in [5.41, 5.74) is 7.61. The van der Waals surface area contributed by atoms with E-state index in [1.807, 2.05) is 37.3 Å². The van der Waals surface area contributed by atoms with Crippen molar-refractivity contribution < 1.29 is 4.74 Å². The first kappa shape index (κ1) is 14.2. The molecule has 2 nitrogen and oxygen atoms in total. The van der Waals surface area contributed by atoms with Gasteiger partial charge in [-0.25, -0.2) is 0 Å². The Bertz CT molecular complexity index is 584. The average molecular weight is 296 g/mol. The lowest BCUT2D eigenvalue weighted by Crippen LogP contribution is -2.00. The van der Waals surface area contributed by atoms with E-state index in [0.717, 1.165) is 22.6 Å². The zero-order chi connectivity index (χ0) is 13.8. The van der Waals surface area contributed by atoms with Crippen LogP contribution in [0, 0.1) is 0 Å². The van der Waals surface area contributed by atoms with Crippen LogP contribution in [0.15, 0.2) is 36.4 Å². The molecule has 2 aromatic carbocycles. The van der Waals surface area contributed by atoms with Crippen LogP contribution < -0.4 is 10.5 Å². The molecule has 0 fully saturated rings. The smallest absolute Gasteiger partial charge is 0.150 e. The summed E-state index contributed by atoms with van der Waals surface area (Å²) >= 11 is 12.2. The second-order valence-electron chi connectivity index (χ2n) is 4.14. The van der Waals surface area contributed by atoms with Gasteiger partial charge in [0.05, 0.1) is 5.02 Å². The molecular weight excluding hydrogens is 281 g/mol. The number of aryl methyl sites for hydroxylation is 1. The van der Waals surface area contributed by atoms with Crippen molar-refractivity contribution in [1.29, 1.82) is 0 Å². The quantitative estimate of drug-likeness (QED) is 0.879. The van der Waals surface area contributed by atoms with E-state index in [2.05, 4.69) is 0 Å². The maximum atomic E-state index is 6.16. The van der Waals surface area contributed by atoms with Crippen LogP contribution in [-0.2, 0) is 13.0 Å². The highest BCUT2D eigenvalue weighted by Crippen LogP contribution is 2.34. The number of ether oxygens (including phenoxy) is 1. The van der Waals surface area contributed by atoms with Crippen molar-refractivity contribution >= 4 is 23.2 Å². The Morgan fingerprint density at radius 3 is 2.53 bits per heavy atom. The van der Waals surface area contributed by atoms with E-state index < -0.39 is 0 Å². The van der Waals surface area contributed by atoms with Crippen LogP contribution in [0.5, 0.6) is 11.5 Å². The van der Waals surface area contributed by atoms with Crippen molar-refractivity contribution in [2.24, 2.45) is 5.73 Å². The molecule has 2 rings (SSSR count). The lowest BCUT2D eigenvalue weighted by molar-refractivity contribution is 0.476. The zero-order valence-corrected chi connectivity index (χ0v) is 12.1. The second-order valence-corrected chi connectivity index (χ2v) is 4.96. The third kappa shape index (κ3) is 3.21. The predicted molar refractivity (Wildman–Crippen MR) is 80.2 cm³/mol. The van der Waals surface area contributed by atoms with Gasteiger partial charge in [-0.3, -0.25) is 0 Å². The molecule has 4 heteroatoms. The normalized spacial score (nSPS) is 10.5. The third-order valence-corrected chi connectivity index (χ3v) is 3.55. The molecule has 0 atom stereocenters. The van der Waals surface area contributed by atoms with Crippen LogP contribution in [0.3, 0.4) is 0 Å². The number of rotatable bonds is 4. The van der Waals surface area contributed by atoms with Crippen molar-refractivity contribution in [2.45, 2.75) is 19.9 Å². The van der Waals surface area contributed by atoms with E-state index in [4.69, 9.17) is 33.7 Å². The van der Waals surface area contributed by atoms with Crippen molar-refractivity contribution in [3.8, 4) is 11.5 Å². The van der Waals surface area contributed by atoms with E-state index in [1.165, 1.54) is 0 Å². The zero-order valence-electron chi connectivity index (χ0n) is 10.6. The van der Waals surface area contributed by atoms with Gasteiger partial charge in [0, 0.05) is 17.1 Å². The lowest BCUT2D eigenvalue weighted by Gasteiger charge is -2.13. The molecule has 0 radical (unpaired) electrons. The number of halogens is 2. The van der Waals surface area contributed by atoms with Gasteiger partial charge >= 0.3 is 0 Å². The molecule has 19 heavy (non-hydrogen) atoms. The Morgan fingerprint density at radius 2 is 1.84 bits per heavy atom. The molecule has 0 amide bonds. The third-order valence-electron chi connectivity index (χ3n) is 2.89. The van der Waals surface area contributed by atoms with E-state index in [9.17, 15) is 0 Å². The SMILES string of the molecule is CCc1cc(Oc2c(Cl)cccc2CN)ccc1Cl. The summed E-state index contributed by atoms with van der Waals surface area (Å²) in [5, 5.41) is 1.30. The molecule has 100 valence electrons. The standard InChI is InChI=1S/C15H15Cl2NO/c1-2-10-8-12(6-7-13(10)16)19-15-11(9-18)4-3-5-14(15)17/h3-8H,2,9,18H2,1H3. The molecule has 0 aliphatic rings. The first-order chi connectivity index (χ1) is 9.15. The van der Waals surface area contributed by atoms with Crippen molar-refractivity contribution in [1.82, 2.24) is 0 Å². The molecule has 0 aromatic heterocycles. The fourth-order valence-corrected chi connectivity index (χ4v) is 2.32. The molecular formula is C15H15Cl2NO. The van der Waals surface area contributed by atoms with Crippen LogP contribution in [0.2, 0.25) is 10.0 Å². The van der Waals surface area contributed by atoms with Gasteiger partial charge in [-0.05, 0) is 36.2 Å². The van der Waals surface area contributed by atoms with Crippen LogP contribution >= 0.6 is 23.2 Å². The summed E-state index contributed by atoms with van der Waals surface area (Å²) in [5.74, 6) is 1.32. The lowest BCUT2D eigenvalue weighted by atomic mass is 10.1. The van der Waals surface area contributed by atoms with Gasteiger partial charge in [-0.2, -0.15) is 0 Å². The molecule has 0 aliphatic heterocycles. The summed E-state index contributed by atoms with van der Waals surface area (Å²) in [7, 11) is 0. The molecule has 2 N–H and O–H groups in total. The largest absolute Gasteiger partial charge is 0.455 e. The predicted octanol–water partition coefficient (Wildman–Crippen LogP) is 4.81. The topological polar surface area (TPSA) is 35.2 Å². The number of benzene rings is 2. The number of nitrogens with two attached hydrogens (primary N) is 1. The van der Waals surface area contributed by atoms with Gasteiger partial charge in [0.25, 0.3) is 0 Å². The fourth-order valence-electron chi connectivity index (χ4n) is 1.83. The first-order valence-corrected chi connectivity index (χ1v) is 6.85. The minimum atomic E-state index is 0.379. The average Bonchev–Trinajstić information content (AvgIpc) is 2.43. The summed E-state index contributed by atoms with van der Waals surface area (Å²) < 4.78 is 5.86. The Morgan fingerprint density at radius 1 is 1.05 bits per heavy atom. The summed E-state index contributed by atoms with van der Waals surface area (Å²) in [6.07, 6.45) is 0.850. The van der Waals surface area contributed by atoms with Gasteiger partial charge in [-0.1, -0.05) is 42.3 Å². The van der Waals surface area contributed by atoms with Crippen molar-refractivity contribution in [2.75, 3.05) is 0 Å². The molecule has 0 saturated carbocycles. The molecule has 2 aromatic rings. The van der Waals surface area contributed by atoms with Crippen LogP contribution in [0.25, 0.3) is 0 Å². The van der Waals surface area contributed by atoms with Crippen molar-refractivity contribution in [3.05, 3.63) is 57.6 Å². The minimum Gasteiger partial charge on any atom is -0.455 e. The molecule has 0 aliphatic carbocycles. The van der Waals surface area contributed by atoms with Crippen LogP contribution in [-0.4, -0.2) is 0 Å². The van der Waals surface area contributed by atoms with E-state index in [0.29, 0.717) is 23.1 Å². The van der Waals surface area contributed by atoms with Gasteiger partial charge in [-0.15, -0.1) is 0 Å². The maximum absolute atomic E-state index is 6.16. The van der Waals surface area contributed by atoms with Gasteiger partial charge in [0.2, 0.25) is 0 Å². The van der Waals surface area contributed by atoms with E-state index >= 15 is 0 Å². The molecule has 0 spiro atoms. The molecule has 0 heterocycles. The fraction of sp³-hybridized carbons (Fsp3) is 0.200. The highest BCUT2D eigenvalue weighted by Gasteiger charge is 2.09. The Kier molecular flexibility index (Phi) is 4.70. The van der Waals surface area contributed by atoms with Crippen LogP contribution in [0.1, 0.15) is 18.1 Å². The highest BCUT2D eigenvalue weighted by atomic mass is 35.5. The van der Waals surface area contributed by atoms with E-state index in [-0.39, 0.29) is 0 Å². The number of hydrogen-bond acceptors (Lipinski definition) is 2. The monoisotopic (exact) mass is 295 g/mol. The highest BCUT2D eigenvalue weighted by molar-refractivity contribution is 6.32. The molecule has 0 saturated heterocycles. The van der Waals surface area contributed by atoms with Gasteiger partial charge < -0.3 is 10.5 Å². The first-order valence-electron chi connectivity index (χ1n) is 6.09. The number of hydrogen-bond donors (Lipinski definition) is 1. The summed E-state index contributed by atoms with van der Waals surface area (Å²) in [6, 6.07) is 11.1. The molecule has 0 bridgehead atoms. The maximum Gasteiger partial charge on any atom is 0.150 e. The molecule has 0 unspecified atom stereocenters. The Hall–Kier alpha value is -1.22. The van der Waals surface area contributed by atoms with Gasteiger partial charge in [0.1, 0.15) is 11.5 Å². The van der Waals surface area contributed by atoms with Crippen LogP contribution in [0.4, 0.5) is 0 Å². The van der Waals surface area contributed by atoms with E-state index in [1.54, 1.807) is 6.07 Å². The second kappa shape index (κ2) is 6.29.